The van der Waals surface area contributed by atoms with Gasteiger partial charge in [-0.25, -0.2) is 0 Å². The van der Waals surface area contributed by atoms with Gasteiger partial charge in [0.05, 0.1) is 0 Å². The smallest absolute Gasteiger partial charge is 0.330 e. The minimum Gasteiger partial charge on any atom is -0.693 e. The number of pyridine rings is 1. The fraction of sp³-hybridized carbons (Fsp3) is 0.250. The van der Waals surface area contributed by atoms with Crippen molar-refractivity contribution in [2.24, 2.45) is 0 Å². The monoisotopic (exact) mass is 251 g/mol. The lowest BCUT2D eigenvalue weighted by Gasteiger charge is -2.01. The van der Waals surface area contributed by atoms with Gasteiger partial charge in [0.25, 0.3) is 5.69 Å². The number of rotatable bonds is 2. The van der Waals surface area contributed by atoms with Gasteiger partial charge in [0.2, 0.25) is 0 Å². The Morgan fingerprint density at radius 3 is 2.27 bits per heavy atom. The van der Waals surface area contributed by atoms with Gasteiger partial charge < -0.3 is 4.55 Å². The Bertz CT molecular complexity index is 444. The quantitative estimate of drug-likeness (QED) is 0.440. The molecule has 0 atom stereocenters. The van der Waals surface area contributed by atoms with Crippen LogP contribution in [0.2, 0.25) is 0 Å². The van der Waals surface area contributed by atoms with Crippen molar-refractivity contribution in [3.05, 3.63) is 30.1 Å². The highest BCUT2D eigenvalue weighted by Gasteiger charge is 2.20. The van der Waals surface area contributed by atoms with Crippen molar-refractivity contribution >= 4 is 27.1 Å². The molecule has 15 heavy (non-hydrogen) atoms. The number of halogens is 1. The lowest BCUT2D eigenvalue weighted by molar-refractivity contribution is -0.522. The summed E-state index contributed by atoms with van der Waals surface area (Å²) in [4.78, 5) is 10.7. The molecule has 0 N–H and O–H groups in total. The second-order valence-electron chi connectivity index (χ2n) is 2.11. The fourth-order valence-electron chi connectivity index (χ4n) is 0.775. The van der Waals surface area contributed by atoms with Crippen LogP contribution in [0.1, 0.15) is 24.3 Å². The van der Waals surface area contributed by atoms with Crippen molar-refractivity contribution in [2.45, 2.75) is 13.8 Å². The van der Waals surface area contributed by atoms with E-state index in [1.807, 2.05) is 13.8 Å². The zero-order valence-electron chi connectivity index (χ0n) is 8.18. The molecule has 1 heterocycles. The minimum absolute atomic E-state index is 0.280. The molecule has 7 heteroatoms. The average molecular weight is 252 g/mol. The first kappa shape index (κ1) is 14.0. The van der Waals surface area contributed by atoms with Gasteiger partial charge in [-0.15, -0.1) is 0 Å². The lowest BCUT2D eigenvalue weighted by atomic mass is 10.4. The average Bonchev–Trinajstić information content (AvgIpc) is 2.19. The minimum atomic E-state index is -4.72. The van der Waals surface area contributed by atoms with Gasteiger partial charge in [0, 0.05) is 12.1 Å². The Labute approximate surface area is 93.2 Å². The topological polar surface area (TPSA) is 78.1 Å². The van der Waals surface area contributed by atoms with Crippen LogP contribution in [0, 0.1) is 0 Å². The van der Waals surface area contributed by atoms with E-state index in [0.29, 0.717) is 0 Å². The number of carbonyl (C=O) groups excluding carboxylic acids is 1. The molecule has 0 aromatic carbocycles. The van der Waals surface area contributed by atoms with Gasteiger partial charge in [-0.1, -0.05) is 17.8 Å². The van der Waals surface area contributed by atoms with E-state index in [-0.39, 0.29) is 9.67 Å². The highest BCUT2D eigenvalue weighted by atomic mass is 35.5. The van der Waals surface area contributed by atoms with E-state index in [1.54, 1.807) is 0 Å². The molecule has 0 aliphatic carbocycles. The Balaban J connectivity index is 0.000000921. The summed E-state index contributed by atoms with van der Waals surface area (Å²) in [6, 6.07) is 3.85. The van der Waals surface area contributed by atoms with Gasteiger partial charge >= 0.3 is 15.5 Å². The van der Waals surface area contributed by atoms with Gasteiger partial charge in [-0.05, 0) is 17.7 Å². The molecule has 0 unspecified atom stereocenters. The molecule has 0 spiro atoms. The summed E-state index contributed by atoms with van der Waals surface area (Å²) < 4.78 is 31.9. The molecule has 1 rings (SSSR count). The molecular weight excluding hydrogens is 242 g/mol. The standard InChI is InChI=1S/C6H4ClNO4S.C2H6/c7-6(9)5-3-1-2-4-8(5)13(10,11)12;1-2/h1-4H;1-2H3. The Kier molecular flexibility index (Phi) is 5.41. The molecule has 1 aromatic rings. The normalized spacial score (nSPS) is 10.1. The summed E-state index contributed by atoms with van der Waals surface area (Å²) in [7, 11) is -4.72. The Morgan fingerprint density at radius 2 is 1.93 bits per heavy atom. The molecule has 1 aromatic heterocycles. The van der Waals surface area contributed by atoms with E-state index < -0.39 is 15.5 Å². The third kappa shape index (κ3) is 3.94. The zero-order valence-corrected chi connectivity index (χ0v) is 9.75. The van der Waals surface area contributed by atoms with Crippen molar-refractivity contribution in [3.63, 3.8) is 0 Å². The second kappa shape index (κ2) is 5.79. The molecule has 0 aliphatic heterocycles. The molecule has 0 saturated carbocycles. The highest BCUT2D eigenvalue weighted by molar-refractivity contribution is 7.79. The van der Waals surface area contributed by atoms with Crippen LogP contribution in [0.3, 0.4) is 0 Å². The van der Waals surface area contributed by atoms with Gasteiger partial charge in [-0.3, -0.25) is 4.79 Å². The van der Waals surface area contributed by atoms with E-state index in [1.165, 1.54) is 12.1 Å². The summed E-state index contributed by atoms with van der Waals surface area (Å²) in [5.41, 5.74) is -0.376. The first-order chi connectivity index (χ1) is 6.93. The Hall–Kier alpha value is -0.980. The van der Waals surface area contributed by atoms with Crippen LogP contribution in [0.4, 0.5) is 0 Å². The van der Waals surface area contributed by atoms with Crippen LogP contribution >= 0.6 is 11.6 Å². The maximum Gasteiger partial charge on any atom is 0.330 e. The van der Waals surface area contributed by atoms with Crippen LogP contribution in [-0.2, 0) is 10.3 Å². The largest absolute Gasteiger partial charge is 0.693 e. The fourth-order valence-corrected chi connectivity index (χ4v) is 1.58. The van der Waals surface area contributed by atoms with Crippen LogP contribution < -0.4 is 3.97 Å². The number of carbonyl (C=O) groups is 1. The van der Waals surface area contributed by atoms with Crippen molar-refractivity contribution in [1.29, 1.82) is 0 Å². The van der Waals surface area contributed by atoms with Gasteiger partial charge in [0.15, 0.2) is 6.20 Å². The van der Waals surface area contributed by atoms with Crippen LogP contribution in [0.15, 0.2) is 24.4 Å². The SMILES string of the molecule is CC.O=C(Cl)c1cccc[n+]1S(=O)(=O)[O-]. The molecule has 0 bridgehead atoms. The van der Waals surface area contributed by atoms with Crippen LogP contribution in [-0.4, -0.2) is 18.2 Å². The molecule has 0 aliphatic rings. The molecule has 0 saturated heterocycles. The van der Waals surface area contributed by atoms with E-state index in [4.69, 9.17) is 11.6 Å². The van der Waals surface area contributed by atoms with E-state index >= 15 is 0 Å². The predicted molar refractivity (Wildman–Crippen MR) is 53.3 cm³/mol. The first-order valence-electron chi connectivity index (χ1n) is 4.10. The van der Waals surface area contributed by atoms with E-state index in [9.17, 15) is 17.8 Å². The van der Waals surface area contributed by atoms with Crippen molar-refractivity contribution in [1.82, 2.24) is 0 Å². The maximum atomic E-state index is 10.7. The molecule has 0 radical (unpaired) electrons. The molecule has 5 nitrogen and oxygen atoms in total. The summed E-state index contributed by atoms with van der Waals surface area (Å²) in [6.45, 7) is 4.00. The molecule has 84 valence electrons. The number of hydrogen-bond donors (Lipinski definition) is 0. The summed E-state index contributed by atoms with van der Waals surface area (Å²) >= 11 is 5.05. The van der Waals surface area contributed by atoms with Crippen molar-refractivity contribution < 1.29 is 21.7 Å². The third-order valence-corrected chi connectivity index (χ3v) is 2.26. The lowest BCUT2D eigenvalue weighted by Crippen LogP contribution is -2.46. The number of hydrogen-bond acceptors (Lipinski definition) is 4. The van der Waals surface area contributed by atoms with Crippen molar-refractivity contribution in [2.75, 3.05) is 0 Å². The van der Waals surface area contributed by atoms with Crippen LogP contribution in [0.25, 0.3) is 0 Å². The van der Waals surface area contributed by atoms with Gasteiger partial charge in [0.1, 0.15) is 0 Å². The second-order valence-corrected chi connectivity index (χ2v) is 3.71. The van der Waals surface area contributed by atoms with Gasteiger partial charge in [-0.2, -0.15) is 8.42 Å². The van der Waals surface area contributed by atoms with Crippen molar-refractivity contribution in [3.8, 4) is 0 Å². The third-order valence-electron chi connectivity index (χ3n) is 1.27. The predicted octanol–water partition coefficient (Wildman–Crippen LogP) is 0.688. The maximum absolute atomic E-state index is 10.7. The van der Waals surface area contributed by atoms with E-state index in [2.05, 4.69) is 0 Å². The molecule has 0 amide bonds. The highest BCUT2D eigenvalue weighted by Crippen LogP contribution is 1.97. The number of aromatic nitrogens is 1. The first-order valence-corrected chi connectivity index (χ1v) is 5.84. The number of nitrogens with zero attached hydrogens (tertiary/aromatic N) is 1. The van der Waals surface area contributed by atoms with Crippen LogP contribution in [0.5, 0.6) is 0 Å². The molecular formula is C8H10ClNO4S. The Morgan fingerprint density at radius 1 is 1.40 bits per heavy atom. The molecule has 0 fully saturated rings. The summed E-state index contributed by atoms with van der Waals surface area (Å²) in [6.07, 6.45) is 0.956. The summed E-state index contributed by atoms with van der Waals surface area (Å²) in [5.74, 6) is 0. The van der Waals surface area contributed by atoms with E-state index in [0.717, 1.165) is 12.3 Å². The summed E-state index contributed by atoms with van der Waals surface area (Å²) in [5, 5.41) is -1.000. The zero-order chi connectivity index (χ0) is 12.1.